The van der Waals surface area contributed by atoms with Crippen molar-refractivity contribution in [3.63, 3.8) is 0 Å². The summed E-state index contributed by atoms with van der Waals surface area (Å²) in [5, 5.41) is 14.3. The fourth-order valence-corrected chi connectivity index (χ4v) is 3.58. The van der Waals surface area contributed by atoms with Crippen molar-refractivity contribution in [2.45, 2.75) is 19.0 Å². The summed E-state index contributed by atoms with van der Waals surface area (Å²) in [4.78, 5) is 14.6. The molecule has 7 nitrogen and oxygen atoms in total. The molecule has 152 valence electrons. The number of piperidine rings is 1. The van der Waals surface area contributed by atoms with Crippen molar-refractivity contribution in [1.82, 2.24) is 19.8 Å². The Labute approximate surface area is 168 Å². The average molecular weight is 425 g/mol. The highest BCUT2D eigenvalue weighted by Gasteiger charge is 2.34. The summed E-state index contributed by atoms with van der Waals surface area (Å²) in [7, 11) is 0. The summed E-state index contributed by atoms with van der Waals surface area (Å²) in [6.45, 7) is 1.13. The first-order valence-corrected chi connectivity index (χ1v) is 9.29. The molecule has 1 aliphatic rings. The summed E-state index contributed by atoms with van der Waals surface area (Å²) < 4.78 is 40.6. The summed E-state index contributed by atoms with van der Waals surface area (Å²) in [6, 6.07) is 6.93. The molecule has 1 atom stereocenters. The van der Waals surface area contributed by atoms with Crippen molar-refractivity contribution in [2.24, 2.45) is 5.92 Å². The molecule has 0 radical (unpaired) electrons. The molecule has 1 N–H and O–H groups in total. The van der Waals surface area contributed by atoms with Crippen molar-refractivity contribution in [3.8, 4) is 0 Å². The first-order valence-electron chi connectivity index (χ1n) is 8.91. The Morgan fingerprint density at radius 3 is 2.86 bits per heavy atom. The molecular weight excluding hydrogens is 409 g/mol. The standard InChI is InChI=1S/C18H16ClF3N6O/c19-14-4-3-12(8-13(14)18(20,21)22)24-17(29)11-2-1-7-27(9-11)16-6-5-15-25-23-10-28(15)26-16/h3-6,8,10-11H,1-2,7,9H2,(H,24,29)/t11-/m0/s1. The number of hydrogen-bond acceptors (Lipinski definition) is 5. The molecule has 1 amide bonds. The lowest BCUT2D eigenvalue weighted by atomic mass is 9.97. The quantitative estimate of drug-likeness (QED) is 0.694. The first kappa shape index (κ1) is 19.4. The molecule has 1 aromatic carbocycles. The van der Waals surface area contributed by atoms with Gasteiger partial charge in [0.25, 0.3) is 0 Å². The van der Waals surface area contributed by atoms with E-state index in [-0.39, 0.29) is 17.5 Å². The first-order chi connectivity index (χ1) is 13.8. The molecule has 2 aromatic heterocycles. The summed E-state index contributed by atoms with van der Waals surface area (Å²) in [6.07, 6.45) is -1.71. The number of hydrogen-bond donors (Lipinski definition) is 1. The van der Waals surface area contributed by atoms with Crippen LogP contribution in [0.1, 0.15) is 18.4 Å². The highest BCUT2D eigenvalue weighted by atomic mass is 35.5. The zero-order valence-electron chi connectivity index (χ0n) is 15.0. The SMILES string of the molecule is O=C(Nc1ccc(Cl)c(C(F)(F)F)c1)[C@H]1CCCN(c2ccc3nncn3n2)C1. The fourth-order valence-electron chi connectivity index (χ4n) is 3.35. The van der Waals surface area contributed by atoms with Gasteiger partial charge in [0.15, 0.2) is 5.65 Å². The second kappa shape index (κ2) is 7.51. The number of fused-ring (bicyclic) bond motifs is 1. The number of rotatable bonds is 3. The molecule has 3 aromatic rings. The summed E-state index contributed by atoms with van der Waals surface area (Å²) >= 11 is 5.63. The smallest absolute Gasteiger partial charge is 0.354 e. The number of alkyl halides is 3. The van der Waals surface area contributed by atoms with Crippen molar-refractivity contribution in [1.29, 1.82) is 0 Å². The maximum Gasteiger partial charge on any atom is 0.417 e. The van der Waals surface area contributed by atoms with Gasteiger partial charge < -0.3 is 10.2 Å². The van der Waals surface area contributed by atoms with E-state index in [1.165, 1.54) is 12.4 Å². The monoisotopic (exact) mass is 424 g/mol. The Hall–Kier alpha value is -2.88. The van der Waals surface area contributed by atoms with E-state index < -0.39 is 16.8 Å². The van der Waals surface area contributed by atoms with E-state index in [0.29, 0.717) is 24.4 Å². The van der Waals surface area contributed by atoms with Crippen molar-refractivity contribution >= 4 is 34.7 Å². The van der Waals surface area contributed by atoms with Gasteiger partial charge >= 0.3 is 6.18 Å². The van der Waals surface area contributed by atoms with E-state index in [1.807, 2.05) is 4.90 Å². The Morgan fingerprint density at radius 2 is 2.07 bits per heavy atom. The maximum absolute atomic E-state index is 13.0. The number of aromatic nitrogens is 4. The molecule has 0 unspecified atom stereocenters. The Balaban J connectivity index is 1.47. The molecule has 4 rings (SSSR count). The Kier molecular flexibility index (Phi) is 5.03. The number of nitrogens with zero attached hydrogens (tertiary/aromatic N) is 5. The predicted octanol–water partition coefficient (Wildman–Crippen LogP) is 3.65. The average Bonchev–Trinajstić information content (AvgIpc) is 3.16. The third-order valence-electron chi connectivity index (χ3n) is 4.80. The van der Waals surface area contributed by atoms with E-state index in [4.69, 9.17) is 11.6 Å². The normalized spacial score (nSPS) is 17.5. The topological polar surface area (TPSA) is 75.4 Å². The van der Waals surface area contributed by atoms with Gasteiger partial charge in [-0.05, 0) is 43.2 Å². The molecule has 11 heteroatoms. The summed E-state index contributed by atoms with van der Waals surface area (Å²) in [5.74, 6) is -0.0386. The number of carbonyl (C=O) groups is 1. The summed E-state index contributed by atoms with van der Waals surface area (Å²) in [5.41, 5.74) is -0.301. The molecule has 1 aliphatic heterocycles. The minimum atomic E-state index is -4.59. The number of anilines is 2. The maximum atomic E-state index is 13.0. The van der Waals surface area contributed by atoms with Crippen LogP contribution in [0.15, 0.2) is 36.7 Å². The van der Waals surface area contributed by atoms with Crippen LogP contribution in [0.5, 0.6) is 0 Å². The van der Waals surface area contributed by atoms with Gasteiger partial charge in [-0.1, -0.05) is 11.6 Å². The van der Waals surface area contributed by atoms with Gasteiger partial charge in [-0.25, -0.2) is 0 Å². The van der Waals surface area contributed by atoms with Gasteiger partial charge in [0.2, 0.25) is 5.91 Å². The highest BCUT2D eigenvalue weighted by Crippen LogP contribution is 2.36. The van der Waals surface area contributed by atoms with E-state index in [0.717, 1.165) is 25.1 Å². The molecular formula is C18H16ClF3N6O. The lowest BCUT2D eigenvalue weighted by molar-refractivity contribution is -0.137. The molecule has 29 heavy (non-hydrogen) atoms. The van der Waals surface area contributed by atoms with Crippen molar-refractivity contribution in [2.75, 3.05) is 23.3 Å². The molecule has 1 fully saturated rings. The highest BCUT2D eigenvalue weighted by molar-refractivity contribution is 6.31. The van der Waals surface area contributed by atoms with E-state index in [2.05, 4.69) is 20.6 Å². The van der Waals surface area contributed by atoms with Crippen molar-refractivity contribution in [3.05, 3.63) is 47.2 Å². The Morgan fingerprint density at radius 1 is 1.24 bits per heavy atom. The van der Waals surface area contributed by atoms with Crippen LogP contribution >= 0.6 is 11.6 Å². The Bertz CT molecular complexity index is 1050. The largest absolute Gasteiger partial charge is 0.417 e. The van der Waals surface area contributed by atoms with Gasteiger partial charge in [-0.3, -0.25) is 4.79 Å². The van der Waals surface area contributed by atoms with Gasteiger partial charge in [0.05, 0.1) is 16.5 Å². The predicted molar refractivity (Wildman–Crippen MR) is 101 cm³/mol. The van der Waals surface area contributed by atoms with Crippen LogP contribution in [0, 0.1) is 5.92 Å². The molecule has 3 heterocycles. The number of carbonyl (C=O) groups excluding carboxylic acids is 1. The second-order valence-electron chi connectivity index (χ2n) is 6.79. The van der Waals surface area contributed by atoms with Gasteiger partial charge in [0, 0.05) is 18.8 Å². The number of benzene rings is 1. The van der Waals surface area contributed by atoms with E-state index in [1.54, 1.807) is 16.6 Å². The molecule has 1 saturated heterocycles. The van der Waals surface area contributed by atoms with Crippen LogP contribution < -0.4 is 10.2 Å². The van der Waals surface area contributed by atoms with Gasteiger partial charge in [-0.15, -0.1) is 15.3 Å². The van der Waals surface area contributed by atoms with E-state index in [9.17, 15) is 18.0 Å². The third kappa shape index (κ3) is 4.12. The van der Waals surface area contributed by atoms with Crippen LogP contribution in [-0.4, -0.2) is 38.8 Å². The second-order valence-corrected chi connectivity index (χ2v) is 7.20. The lowest BCUT2D eigenvalue weighted by Gasteiger charge is -2.32. The molecule has 0 bridgehead atoms. The van der Waals surface area contributed by atoms with Crippen LogP contribution in [0.2, 0.25) is 5.02 Å². The number of nitrogens with one attached hydrogen (secondary N) is 1. The third-order valence-corrected chi connectivity index (χ3v) is 5.13. The fraction of sp³-hybridized carbons (Fsp3) is 0.333. The van der Waals surface area contributed by atoms with Crippen molar-refractivity contribution < 1.29 is 18.0 Å². The van der Waals surface area contributed by atoms with Gasteiger partial charge in [-0.2, -0.15) is 17.7 Å². The minimum absolute atomic E-state index is 0.0629. The zero-order chi connectivity index (χ0) is 20.6. The number of amides is 1. The molecule has 0 saturated carbocycles. The zero-order valence-corrected chi connectivity index (χ0v) is 15.8. The number of halogens is 4. The minimum Gasteiger partial charge on any atom is -0.354 e. The van der Waals surface area contributed by atoms with Crippen LogP contribution in [0.4, 0.5) is 24.7 Å². The van der Waals surface area contributed by atoms with E-state index >= 15 is 0 Å². The van der Waals surface area contributed by atoms with Crippen LogP contribution in [0.25, 0.3) is 5.65 Å². The van der Waals surface area contributed by atoms with Gasteiger partial charge in [0.1, 0.15) is 12.1 Å². The molecule has 0 spiro atoms. The molecule has 0 aliphatic carbocycles. The lowest BCUT2D eigenvalue weighted by Crippen LogP contribution is -2.41. The van der Waals surface area contributed by atoms with Crippen LogP contribution in [-0.2, 0) is 11.0 Å². The van der Waals surface area contributed by atoms with Crippen LogP contribution in [0.3, 0.4) is 0 Å².